The molecule has 15 heavy (non-hydrogen) atoms. The summed E-state index contributed by atoms with van der Waals surface area (Å²) in [4.78, 5) is 0. The SMILES string of the molecule is Nc1c(-c2ccccc2)ccc(F)c1F. The van der Waals surface area contributed by atoms with E-state index in [-0.39, 0.29) is 5.69 Å². The molecule has 2 N–H and O–H groups in total. The van der Waals surface area contributed by atoms with Crippen LogP contribution >= 0.6 is 0 Å². The number of halogens is 2. The molecule has 0 bridgehead atoms. The Balaban J connectivity index is 2.60. The van der Waals surface area contributed by atoms with E-state index in [4.69, 9.17) is 5.73 Å². The maximum Gasteiger partial charge on any atom is 0.182 e. The minimum atomic E-state index is -0.989. The fraction of sp³-hybridized carbons (Fsp3) is 0. The van der Waals surface area contributed by atoms with E-state index in [1.165, 1.54) is 6.07 Å². The number of hydrogen-bond donors (Lipinski definition) is 1. The van der Waals surface area contributed by atoms with Crippen LogP contribution in [0.25, 0.3) is 11.1 Å². The van der Waals surface area contributed by atoms with Gasteiger partial charge in [0, 0.05) is 5.56 Å². The van der Waals surface area contributed by atoms with Crippen molar-refractivity contribution in [1.82, 2.24) is 0 Å². The maximum absolute atomic E-state index is 13.2. The van der Waals surface area contributed by atoms with Crippen LogP contribution in [0.3, 0.4) is 0 Å². The average Bonchev–Trinajstić information content (AvgIpc) is 2.27. The highest BCUT2D eigenvalue weighted by Gasteiger charge is 2.11. The Morgan fingerprint density at radius 2 is 1.53 bits per heavy atom. The quantitative estimate of drug-likeness (QED) is 0.711. The molecule has 0 saturated heterocycles. The first-order valence-electron chi connectivity index (χ1n) is 4.49. The molecule has 2 rings (SSSR count). The molecule has 0 aromatic heterocycles. The third-order valence-electron chi connectivity index (χ3n) is 2.22. The number of benzene rings is 2. The fourth-order valence-corrected chi connectivity index (χ4v) is 1.44. The molecule has 0 aliphatic heterocycles. The minimum Gasteiger partial charge on any atom is -0.396 e. The van der Waals surface area contributed by atoms with Crippen LogP contribution in [0.4, 0.5) is 14.5 Å². The standard InChI is InChI=1S/C12H9F2N/c13-10-7-6-9(12(15)11(10)14)8-4-2-1-3-5-8/h1-7H,15H2. The molecule has 0 fully saturated rings. The maximum atomic E-state index is 13.2. The summed E-state index contributed by atoms with van der Waals surface area (Å²) in [6, 6.07) is 11.6. The Labute approximate surface area is 86.2 Å². The second-order valence-corrected chi connectivity index (χ2v) is 3.19. The molecule has 0 amide bonds. The van der Waals surface area contributed by atoms with Crippen molar-refractivity contribution in [3.63, 3.8) is 0 Å². The van der Waals surface area contributed by atoms with E-state index in [1.54, 1.807) is 12.1 Å². The summed E-state index contributed by atoms with van der Waals surface area (Å²) in [5.41, 5.74) is 6.63. The van der Waals surface area contributed by atoms with E-state index in [0.717, 1.165) is 11.6 Å². The average molecular weight is 205 g/mol. The van der Waals surface area contributed by atoms with Crippen molar-refractivity contribution in [1.29, 1.82) is 0 Å². The van der Waals surface area contributed by atoms with Crippen LogP contribution in [-0.2, 0) is 0 Å². The van der Waals surface area contributed by atoms with Gasteiger partial charge in [0.1, 0.15) is 0 Å². The smallest absolute Gasteiger partial charge is 0.182 e. The highest BCUT2D eigenvalue weighted by atomic mass is 19.2. The second kappa shape index (κ2) is 3.69. The van der Waals surface area contributed by atoms with E-state index in [9.17, 15) is 8.78 Å². The van der Waals surface area contributed by atoms with Gasteiger partial charge in [-0.15, -0.1) is 0 Å². The topological polar surface area (TPSA) is 26.0 Å². The molecule has 0 saturated carbocycles. The third-order valence-corrected chi connectivity index (χ3v) is 2.22. The van der Waals surface area contributed by atoms with Crippen molar-refractivity contribution >= 4 is 5.69 Å². The molecule has 0 aliphatic rings. The Morgan fingerprint density at radius 1 is 0.867 bits per heavy atom. The lowest BCUT2D eigenvalue weighted by Gasteiger charge is -2.06. The van der Waals surface area contributed by atoms with E-state index in [0.29, 0.717) is 5.56 Å². The summed E-state index contributed by atoms with van der Waals surface area (Å²) in [7, 11) is 0. The molecule has 0 aliphatic carbocycles. The normalized spacial score (nSPS) is 10.3. The van der Waals surface area contributed by atoms with Crippen molar-refractivity contribution in [2.75, 3.05) is 5.73 Å². The number of hydrogen-bond acceptors (Lipinski definition) is 1. The van der Waals surface area contributed by atoms with E-state index >= 15 is 0 Å². The second-order valence-electron chi connectivity index (χ2n) is 3.19. The van der Waals surface area contributed by atoms with Gasteiger partial charge >= 0.3 is 0 Å². The lowest BCUT2D eigenvalue weighted by Crippen LogP contribution is -1.97. The molecular formula is C12H9F2N. The van der Waals surface area contributed by atoms with Crippen LogP contribution in [0.2, 0.25) is 0 Å². The number of rotatable bonds is 1. The number of nitrogens with two attached hydrogens (primary N) is 1. The minimum absolute atomic E-state index is 0.152. The molecule has 0 heterocycles. The Morgan fingerprint density at radius 3 is 2.20 bits per heavy atom. The zero-order chi connectivity index (χ0) is 10.8. The van der Waals surface area contributed by atoms with Crippen molar-refractivity contribution in [2.45, 2.75) is 0 Å². The molecule has 0 atom stereocenters. The summed E-state index contributed by atoms with van der Waals surface area (Å²) in [6.45, 7) is 0. The first kappa shape index (κ1) is 9.65. The van der Waals surface area contributed by atoms with Gasteiger partial charge in [-0.1, -0.05) is 30.3 Å². The van der Waals surface area contributed by atoms with Gasteiger partial charge in [-0.2, -0.15) is 0 Å². The van der Waals surface area contributed by atoms with Gasteiger partial charge < -0.3 is 5.73 Å². The van der Waals surface area contributed by atoms with Crippen LogP contribution in [0.15, 0.2) is 42.5 Å². The van der Waals surface area contributed by atoms with Crippen molar-refractivity contribution in [3.8, 4) is 11.1 Å². The predicted octanol–water partition coefficient (Wildman–Crippen LogP) is 3.21. The fourth-order valence-electron chi connectivity index (χ4n) is 1.44. The molecular weight excluding hydrogens is 196 g/mol. The van der Waals surface area contributed by atoms with Crippen LogP contribution in [0.1, 0.15) is 0 Å². The summed E-state index contributed by atoms with van der Waals surface area (Å²) in [5.74, 6) is -1.91. The lowest BCUT2D eigenvalue weighted by molar-refractivity contribution is 0.512. The molecule has 76 valence electrons. The Kier molecular flexibility index (Phi) is 2.37. The lowest BCUT2D eigenvalue weighted by atomic mass is 10.0. The first-order valence-corrected chi connectivity index (χ1v) is 4.49. The molecule has 3 heteroatoms. The largest absolute Gasteiger partial charge is 0.396 e. The van der Waals surface area contributed by atoms with Gasteiger partial charge in [-0.05, 0) is 17.7 Å². The third kappa shape index (κ3) is 1.68. The summed E-state index contributed by atoms with van der Waals surface area (Å²) >= 11 is 0. The number of nitrogen functional groups attached to an aromatic ring is 1. The van der Waals surface area contributed by atoms with Gasteiger partial charge in [-0.3, -0.25) is 0 Å². The monoisotopic (exact) mass is 205 g/mol. The first-order chi connectivity index (χ1) is 7.20. The van der Waals surface area contributed by atoms with Crippen LogP contribution < -0.4 is 5.73 Å². The highest BCUT2D eigenvalue weighted by Crippen LogP contribution is 2.28. The van der Waals surface area contributed by atoms with Crippen molar-refractivity contribution < 1.29 is 8.78 Å². The van der Waals surface area contributed by atoms with Gasteiger partial charge in [0.2, 0.25) is 0 Å². The van der Waals surface area contributed by atoms with Gasteiger partial charge in [0.25, 0.3) is 0 Å². The Bertz CT molecular complexity index is 480. The molecule has 2 aromatic rings. The highest BCUT2D eigenvalue weighted by molar-refractivity contribution is 5.76. The zero-order valence-corrected chi connectivity index (χ0v) is 7.87. The van der Waals surface area contributed by atoms with E-state index in [2.05, 4.69) is 0 Å². The van der Waals surface area contributed by atoms with Gasteiger partial charge in [-0.25, -0.2) is 8.78 Å². The van der Waals surface area contributed by atoms with Crippen molar-refractivity contribution in [2.24, 2.45) is 0 Å². The summed E-state index contributed by atoms with van der Waals surface area (Å²) in [6.07, 6.45) is 0. The van der Waals surface area contributed by atoms with Gasteiger partial charge in [0.15, 0.2) is 11.6 Å². The van der Waals surface area contributed by atoms with Crippen LogP contribution in [-0.4, -0.2) is 0 Å². The van der Waals surface area contributed by atoms with Crippen molar-refractivity contribution in [3.05, 3.63) is 54.1 Å². The molecule has 2 aromatic carbocycles. The summed E-state index contributed by atoms with van der Waals surface area (Å²) < 4.78 is 26.0. The zero-order valence-electron chi connectivity index (χ0n) is 7.87. The Hall–Kier alpha value is -1.90. The predicted molar refractivity (Wildman–Crippen MR) is 56.2 cm³/mol. The molecule has 1 nitrogen and oxygen atoms in total. The van der Waals surface area contributed by atoms with E-state index in [1.807, 2.05) is 18.2 Å². The summed E-state index contributed by atoms with van der Waals surface area (Å²) in [5, 5.41) is 0. The molecule has 0 spiro atoms. The molecule has 0 radical (unpaired) electrons. The van der Waals surface area contributed by atoms with Gasteiger partial charge in [0.05, 0.1) is 5.69 Å². The van der Waals surface area contributed by atoms with E-state index < -0.39 is 11.6 Å². The van der Waals surface area contributed by atoms with Crippen LogP contribution in [0, 0.1) is 11.6 Å². The van der Waals surface area contributed by atoms with Crippen LogP contribution in [0.5, 0.6) is 0 Å². The number of anilines is 1. The molecule has 0 unspecified atom stereocenters.